The highest BCUT2D eigenvalue weighted by atomic mass is 79.9. The quantitative estimate of drug-likeness (QED) is 0.930. The molecular weight excluding hydrogens is 292 g/mol. The van der Waals surface area contributed by atoms with Crippen molar-refractivity contribution in [3.63, 3.8) is 0 Å². The summed E-state index contributed by atoms with van der Waals surface area (Å²) < 4.78 is 6.62. The summed E-state index contributed by atoms with van der Waals surface area (Å²) in [7, 11) is 0. The number of aliphatic hydroxyl groups is 1. The van der Waals surface area contributed by atoms with Crippen LogP contribution in [-0.2, 0) is 13.2 Å². The fraction of sp³-hybridized carbons (Fsp3) is 0.200. The van der Waals surface area contributed by atoms with Crippen LogP contribution in [0.15, 0.2) is 46.9 Å². The van der Waals surface area contributed by atoms with E-state index in [-0.39, 0.29) is 6.61 Å². The first-order chi connectivity index (χ1) is 8.67. The van der Waals surface area contributed by atoms with Crippen LogP contribution in [0.25, 0.3) is 0 Å². The van der Waals surface area contributed by atoms with Gasteiger partial charge in [0.15, 0.2) is 0 Å². The van der Waals surface area contributed by atoms with E-state index in [0.717, 1.165) is 21.3 Å². The minimum Gasteiger partial charge on any atom is -0.489 e. The van der Waals surface area contributed by atoms with Crippen molar-refractivity contribution >= 4 is 15.9 Å². The van der Waals surface area contributed by atoms with Gasteiger partial charge in [-0.05, 0) is 36.2 Å². The van der Waals surface area contributed by atoms with E-state index in [1.165, 1.54) is 5.56 Å². The number of benzene rings is 2. The van der Waals surface area contributed by atoms with Gasteiger partial charge >= 0.3 is 0 Å². The standard InChI is InChI=1S/C15H15BrO2/c1-11-2-4-12(5-3-11)10-18-15-7-13(9-17)6-14(16)8-15/h2-8,17H,9-10H2,1H3. The van der Waals surface area contributed by atoms with Gasteiger partial charge in [-0.2, -0.15) is 0 Å². The lowest BCUT2D eigenvalue weighted by molar-refractivity contribution is 0.278. The third-order valence-electron chi connectivity index (χ3n) is 2.64. The van der Waals surface area contributed by atoms with Crippen LogP contribution >= 0.6 is 15.9 Å². The lowest BCUT2D eigenvalue weighted by atomic mass is 10.2. The Labute approximate surface area is 115 Å². The lowest BCUT2D eigenvalue weighted by Gasteiger charge is -2.08. The summed E-state index contributed by atoms with van der Waals surface area (Å²) in [4.78, 5) is 0. The predicted molar refractivity (Wildman–Crippen MR) is 75.6 cm³/mol. The first kappa shape index (κ1) is 13.1. The summed E-state index contributed by atoms with van der Waals surface area (Å²) in [5.41, 5.74) is 3.21. The molecule has 2 aromatic carbocycles. The molecule has 0 aliphatic heterocycles. The molecule has 18 heavy (non-hydrogen) atoms. The van der Waals surface area contributed by atoms with Crippen LogP contribution < -0.4 is 4.74 Å². The van der Waals surface area contributed by atoms with Gasteiger partial charge in [0.25, 0.3) is 0 Å². The molecule has 1 N–H and O–H groups in total. The van der Waals surface area contributed by atoms with E-state index in [4.69, 9.17) is 9.84 Å². The Balaban J connectivity index is 2.05. The third kappa shape index (κ3) is 3.59. The molecule has 94 valence electrons. The summed E-state index contributed by atoms with van der Waals surface area (Å²) in [5.74, 6) is 0.758. The van der Waals surface area contributed by atoms with Crippen LogP contribution in [0.3, 0.4) is 0 Å². The summed E-state index contributed by atoms with van der Waals surface area (Å²) in [6.07, 6.45) is 0. The molecule has 2 rings (SSSR count). The highest BCUT2D eigenvalue weighted by molar-refractivity contribution is 9.10. The molecule has 2 nitrogen and oxygen atoms in total. The average Bonchev–Trinajstić information content (AvgIpc) is 2.37. The van der Waals surface area contributed by atoms with Crippen molar-refractivity contribution in [1.82, 2.24) is 0 Å². The maximum atomic E-state index is 9.13. The maximum Gasteiger partial charge on any atom is 0.121 e. The first-order valence-electron chi connectivity index (χ1n) is 5.76. The second kappa shape index (κ2) is 6.03. The Morgan fingerprint density at radius 3 is 2.44 bits per heavy atom. The molecule has 0 spiro atoms. The Morgan fingerprint density at radius 2 is 1.78 bits per heavy atom. The topological polar surface area (TPSA) is 29.5 Å². The van der Waals surface area contributed by atoms with Crippen molar-refractivity contribution in [2.45, 2.75) is 20.1 Å². The van der Waals surface area contributed by atoms with Gasteiger partial charge in [0.1, 0.15) is 12.4 Å². The van der Waals surface area contributed by atoms with Crippen molar-refractivity contribution in [2.75, 3.05) is 0 Å². The fourth-order valence-corrected chi connectivity index (χ4v) is 2.17. The molecule has 0 atom stereocenters. The van der Waals surface area contributed by atoms with Gasteiger partial charge < -0.3 is 9.84 Å². The van der Waals surface area contributed by atoms with E-state index in [0.29, 0.717) is 6.61 Å². The highest BCUT2D eigenvalue weighted by Crippen LogP contribution is 2.22. The monoisotopic (exact) mass is 306 g/mol. The van der Waals surface area contributed by atoms with Gasteiger partial charge in [-0.25, -0.2) is 0 Å². The Morgan fingerprint density at radius 1 is 1.06 bits per heavy atom. The third-order valence-corrected chi connectivity index (χ3v) is 3.10. The van der Waals surface area contributed by atoms with Crippen LogP contribution in [0.4, 0.5) is 0 Å². The summed E-state index contributed by atoms with van der Waals surface area (Å²) in [5, 5.41) is 9.13. The zero-order valence-electron chi connectivity index (χ0n) is 10.2. The molecule has 0 heterocycles. The fourth-order valence-electron chi connectivity index (χ4n) is 1.65. The molecule has 0 aromatic heterocycles. The molecule has 0 aliphatic rings. The summed E-state index contributed by atoms with van der Waals surface area (Å²) >= 11 is 3.40. The maximum absolute atomic E-state index is 9.13. The number of hydrogen-bond acceptors (Lipinski definition) is 2. The van der Waals surface area contributed by atoms with E-state index in [2.05, 4.69) is 47.1 Å². The summed E-state index contributed by atoms with van der Waals surface area (Å²) in [6, 6.07) is 13.9. The molecule has 0 radical (unpaired) electrons. The second-order valence-electron chi connectivity index (χ2n) is 4.23. The van der Waals surface area contributed by atoms with Crippen LogP contribution in [0.1, 0.15) is 16.7 Å². The SMILES string of the molecule is Cc1ccc(COc2cc(Br)cc(CO)c2)cc1. The van der Waals surface area contributed by atoms with Gasteiger partial charge in [0, 0.05) is 4.47 Å². The van der Waals surface area contributed by atoms with Gasteiger partial charge in [-0.15, -0.1) is 0 Å². The van der Waals surface area contributed by atoms with Crippen molar-refractivity contribution in [2.24, 2.45) is 0 Å². The van der Waals surface area contributed by atoms with E-state index < -0.39 is 0 Å². The molecule has 0 aliphatic carbocycles. The number of rotatable bonds is 4. The van der Waals surface area contributed by atoms with Crippen molar-refractivity contribution in [3.8, 4) is 5.75 Å². The summed E-state index contributed by atoms with van der Waals surface area (Å²) in [6.45, 7) is 2.61. The zero-order chi connectivity index (χ0) is 13.0. The molecular formula is C15H15BrO2. The van der Waals surface area contributed by atoms with E-state index >= 15 is 0 Å². The van der Waals surface area contributed by atoms with E-state index in [1.807, 2.05) is 18.2 Å². The van der Waals surface area contributed by atoms with Crippen molar-refractivity contribution in [3.05, 3.63) is 63.6 Å². The Kier molecular flexibility index (Phi) is 4.39. The number of halogens is 1. The second-order valence-corrected chi connectivity index (χ2v) is 5.14. The highest BCUT2D eigenvalue weighted by Gasteiger charge is 2.01. The van der Waals surface area contributed by atoms with Gasteiger partial charge in [0.2, 0.25) is 0 Å². The number of ether oxygens (including phenoxy) is 1. The van der Waals surface area contributed by atoms with Crippen molar-refractivity contribution < 1.29 is 9.84 Å². The molecule has 0 saturated carbocycles. The zero-order valence-corrected chi connectivity index (χ0v) is 11.8. The number of aliphatic hydroxyl groups excluding tert-OH is 1. The van der Waals surface area contributed by atoms with Crippen LogP contribution in [0.2, 0.25) is 0 Å². The first-order valence-corrected chi connectivity index (χ1v) is 6.55. The molecule has 2 aromatic rings. The molecule has 0 fully saturated rings. The molecule has 3 heteroatoms. The lowest BCUT2D eigenvalue weighted by Crippen LogP contribution is -1.96. The van der Waals surface area contributed by atoms with Gasteiger partial charge in [-0.1, -0.05) is 45.8 Å². The predicted octanol–water partition coefficient (Wildman–Crippen LogP) is 3.83. The smallest absolute Gasteiger partial charge is 0.121 e. The number of aryl methyl sites for hydroxylation is 1. The Bertz CT molecular complexity index is 521. The number of hydrogen-bond donors (Lipinski definition) is 1. The van der Waals surface area contributed by atoms with E-state index in [1.54, 1.807) is 0 Å². The van der Waals surface area contributed by atoms with Crippen molar-refractivity contribution in [1.29, 1.82) is 0 Å². The van der Waals surface area contributed by atoms with Gasteiger partial charge in [-0.3, -0.25) is 0 Å². The van der Waals surface area contributed by atoms with Crippen LogP contribution in [0, 0.1) is 6.92 Å². The van der Waals surface area contributed by atoms with E-state index in [9.17, 15) is 0 Å². The van der Waals surface area contributed by atoms with Crippen LogP contribution in [-0.4, -0.2) is 5.11 Å². The minimum absolute atomic E-state index is 0.0142. The average molecular weight is 307 g/mol. The normalized spacial score (nSPS) is 10.4. The minimum atomic E-state index is 0.0142. The van der Waals surface area contributed by atoms with Crippen LogP contribution in [0.5, 0.6) is 5.75 Å². The molecule has 0 bridgehead atoms. The molecule has 0 unspecified atom stereocenters. The molecule has 0 amide bonds. The molecule has 0 saturated heterocycles. The largest absolute Gasteiger partial charge is 0.489 e. The van der Waals surface area contributed by atoms with Gasteiger partial charge in [0.05, 0.1) is 6.61 Å². The Hall–Kier alpha value is -1.32.